The highest BCUT2D eigenvalue weighted by Crippen LogP contribution is 2.25. The molecule has 0 bridgehead atoms. The van der Waals surface area contributed by atoms with Crippen LogP contribution in [0, 0.1) is 21.4 Å². The van der Waals surface area contributed by atoms with Gasteiger partial charge >= 0.3 is 5.97 Å². The fourth-order valence-electron chi connectivity index (χ4n) is 1.57. The van der Waals surface area contributed by atoms with E-state index in [2.05, 4.69) is 0 Å². The van der Waals surface area contributed by atoms with Crippen LogP contribution in [0.3, 0.4) is 0 Å². The van der Waals surface area contributed by atoms with Gasteiger partial charge in [0.15, 0.2) is 0 Å². The predicted molar refractivity (Wildman–Crippen MR) is 67.7 cm³/mol. The summed E-state index contributed by atoms with van der Waals surface area (Å²) >= 11 is 5.61. The summed E-state index contributed by atoms with van der Waals surface area (Å²) in [4.78, 5) is 21.7. The summed E-state index contributed by atoms with van der Waals surface area (Å²) in [6.45, 7) is 1.87. The lowest BCUT2D eigenvalue weighted by Crippen LogP contribution is -2.09. The molecule has 0 aliphatic carbocycles. The fourth-order valence-corrected chi connectivity index (χ4v) is 1.79. The quantitative estimate of drug-likeness (QED) is 0.357. The number of nitrogens with zero attached hydrogens (tertiary/aromatic N) is 2. The number of rotatable bonds is 5. The highest BCUT2D eigenvalue weighted by Gasteiger charge is 2.19. The van der Waals surface area contributed by atoms with E-state index in [4.69, 9.17) is 21.6 Å². The lowest BCUT2D eigenvalue weighted by atomic mass is 10.0. The molecule has 0 fully saturated rings. The third-order valence-electron chi connectivity index (χ3n) is 2.41. The maximum Gasteiger partial charge on any atom is 0.310 e. The number of carbonyl (C=O) groups is 1. The number of nitro groups is 1. The number of halogens is 1. The Morgan fingerprint density at radius 2 is 2.21 bits per heavy atom. The number of carbonyl (C=O) groups excluding carboxylic acids is 1. The van der Waals surface area contributed by atoms with Crippen LogP contribution in [-0.4, -0.2) is 17.5 Å². The maximum absolute atomic E-state index is 11.4. The van der Waals surface area contributed by atoms with Gasteiger partial charge in [-0.3, -0.25) is 14.9 Å². The Morgan fingerprint density at radius 3 is 2.68 bits per heavy atom. The van der Waals surface area contributed by atoms with E-state index in [-0.39, 0.29) is 41.3 Å². The molecule has 19 heavy (non-hydrogen) atoms. The van der Waals surface area contributed by atoms with E-state index in [1.807, 2.05) is 6.07 Å². The summed E-state index contributed by atoms with van der Waals surface area (Å²) in [7, 11) is 0. The van der Waals surface area contributed by atoms with E-state index < -0.39 is 10.9 Å². The number of alkyl halides is 1. The number of hydrogen-bond acceptors (Lipinski definition) is 5. The molecule has 100 valence electrons. The van der Waals surface area contributed by atoms with Gasteiger partial charge in [0.25, 0.3) is 5.69 Å². The number of hydrogen-bond donors (Lipinski definition) is 0. The van der Waals surface area contributed by atoms with E-state index in [0.717, 1.165) is 0 Å². The van der Waals surface area contributed by atoms with Crippen LogP contribution in [0.5, 0.6) is 0 Å². The van der Waals surface area contributed by atoms with Crippen molar-refractivity contribution in [2.75, 3.05) is 6.61 Å². The second-order valence-corrected chi connectivity index (χ2v) is 3.89. The van der Waals surface area contributed by atoms with Gasteiger partial charge in [-0.1, -0.05) is 0 Å². The molecule has 6 nitrogen and oxygen atoms in total. The molecule has 1 aromatic rings. The van der Waals surface area contributed by atoms with E-state index in [1.54, 1.807) is 6.92 Å². The Hall–Kier alpha value is -2.13. The Balaban J connectivity index is 3.23. The normalized spacial score (nSPS) is 9.74. The summed E-state index contributed by atoms with van der Waals surface area (Å²) in [5, 5.41) is 19.9. The van der Waals surface area contributed by atoms with Crippen LogP contribution in [0.4, 0.5) is 5.69 Å². The summed E-state index contributed by atoms with van der Waals surface area (Å²) in [6.07, 6.45) is -0.180. The van der Waals surface area contributed by atoms with Crippen LogP contribution in [-0.2, 0) is 21.8 Å². The van der Waals surface area contributed by atoms with Gasteiger partial charge in [-0.05, 0) is 18.6 Å². The maximum atomic E-state index is 11.4. The van der Waals surface area contributed by atoms with E-state index in [0.29, 0.717) is 0 Å². The minimum Gasteiger partial charge on any atom is -0.466 e. The van der Waals surface area contributed by atoms with Crippen LogP contribution >= 0.6 is 11.6 Å². The van der Waals surface area contributed by atoms with E-state index >= 15 is 0 Å². The van der Waals surface area contributed by atoms with Crippen LogP contribution in [0.15, 0.2) is 12.1 Å². The molecule has 0 saturated heterocycles. The van der Waals surface area contributed by atoms with Crippen molar-refractivity contribution in [2.24, 2.45) is 0 Å². The monoisotopic (exact) mass is 282 g/mol. The Labute approximate surface area is 114 Å². The second-order valence-electron chi connectivity index (χ2n) is 3.62. The molecular formula is C12H11ClN2O4. The zero-order chi connectivity index (χ0) is 14.4. The average molecular weight is 283 g/mol. The van der Waals surface area contributed by atoms with Gasteiger partial charge in [0.05, 0.1) is 35.5 Å². The minimum absolute atomic E-state index is 0.0787. The van der Waals surface area contributed by atoms with Crippen molar-refractivity contribution in [3.05, 3.63) is 38.9 Å². The van der Waals surface area contributed by atoms with Crippen molar-refractivity contribution in [1.82, 2.24) is 0 Å². The molecule has 0 aliphatic heterocycles. The molecule has 0 radical (unpaired) electrons. The summed E-state index contributed by atoms with van der Waals surface area (Å²) in [6, 6.07) is 4.43. The molecule has 0 aliphatic rings. The Bertz CT molecular complexity index is 551. The molecule has 0 saturated carbocycles. The average Bonchev–Trinajstić information content (AvgIpc) is 2.38. The Morgan fingerprint density at radius 1 is 1.53 bits per heavy atom. The molecule has 0 spiro atoms. The molecule has 0 heterocycles. The van der Waals surface area contributed by atoms with Gasteiger partial charge in [0.2, 0.25) is 0 Å². The SMILES string of the molecule is CCOC(=O)Cc1cc([N+](=O)[O-])c(CCl)cc1C#N. The van der Waals surface area contributed by atoms with Crippen LogP contribution in [0.1, 0.15) is 23.6 Å². The van der Waals surface area contributed by atoms with Crippen LogP contribution in [0.2, 0.25) is 0 Å². The highest BCUT2D eigenvalue weighted by molar-refractivity contribution is 6.17. The fraction of sp³-hybridized carbons (Fsp3) is 0.333. The topological polar surface area (TPSA) is 93.2 Å². The zero-order valence-electron chi connectivity index (χ0n) is 10.2. The molecule has 0 amide bonds. The minimum atomic E-state index is -0.590. The first kappa shape index (κ1) is 14.9. The summed E-state index contributed by atoms with van der Waals surface area (Å²) in [5.74, 6) is -0.614. The predicted octanol–water partition coefficient (Wildman–Crippen LogP) is 2.31. The number of ether oxygens (including phenoxy) is 1. The van der Waals surface area contributed by atoms with Crippen molar-refractivity contribution < 1.29 is 14.5 Å². The first-order chi connectivity index (χ1) is 9.03. The van der Waals surface area contributed by atoms with Gasteiger partial charge in [-0.2, -0.15) is 5.26 Å². The van der Waals surface area contributed by atoms with Crippen molar-refractivity contribution in [1.29, 1.82) is 5.26 Å². The number of benzene rings is 1. The smallest absolute Gasteiger partial charge is 0.310 e. The van der Waals surface area contributed by atoms with E-state index in [9.17, 15) is 14.9 Å². The molecule has 0 atom stereocenters. The molecule has 1 rings (SSSR count). The summed E-state index contributed by atoms with van der Waals surface area (Å²) in [5.41, 5.74) is 0.500. The highest BCUT2D eigenvalue weighted by atomic mass is 35.5. The zero-order valence-corrected chi connectivity index (χ0v) is 10.9. The standard InChI is InChI=1S/C12H11ClN2O4/c1-2-19-12(16)5-8-4-11(15(17)18)9(6-13)3-10(8)7-14/h3-4H,2,5-6H2,1H3. The van der Waals surface area contributed by atoms with Crippen molar-refractivity contribution in [3.63, 3.8) is 0 Å². The first-order valence-electron chi connectivity index (χ1n) is 5.45. The van der Waals surface area contributed by atoms with Crippen molar-refractivity contribution >= 4 is 23.3 Å². The molecule has 7 heteroatoms. The molecule has 0 unspecified atom stereocenters. The lowest BCUT2D eigenvalue weighted by molar-refractivity contribution is -0.385. The van der Waals surface area contributed by atoms with E-state index in [1.165, 1.54) is 12.1 Å². The summed E-state index contributed by atoms with van der Waals surface area (Å²) < 4.78 is 4.76. The number of esters is 1. The van der Waals surface area contributed by atoms with Gasteiger partial charge in [-0.15, -0.1) is 11.6 Å². The molecule has 1 aromatic carbocycles. The van der Waals surface area contributed by atoms with Crippen LogP contribution in [0.25, 0.3) is 0 Å². The first-order valence-corrected chi connectivity index (χ1v) is 5.98. The van der Waals surface area contributed by atoms with Gasteiger partial charge in [0, 0.05) is 11.6 Å². The Kier molecular flexibility index (Phi) is 5.27. The molecular weight excluding hydrogens is 272 g/mol. The number of nitro benzene ring substituents is 1. The van der Waals surface area contributed by atoms with Crippen molar-refractivity contribution in [2.45, 2.75) is 19.2 Å². The van der Waals surface area contributed by atoms with Gasteiger partial charge in [0.1, 0.15) is 0 Å². The van der Waals surface area contributed by atoms with Gasteiger partial charge < -0.3 is 4.74 Å². The largest absolute Gasteiger partial charge is 0.466 e. The van der Waals surface area contributed by atoms with Gasteiger partial charge in [-0.25, -0.2) is 0 Å². The second kappa shape index (κ2) is 6.71. The molecule has 0 N–H and O–H groups in total. The third-order valence-corrected chi connectivity index (χ3v) is 2.69. The third kappa shape index (κ3) is 3.66. The molecule has 0 aromatic heterocycles. The van der Waals surface area contributed by atoms with Crippen LogP contribution < -0.4 is 0 Å². The lowest BCUT2D eigenvalue weighted by Gasteiger charge is -2.06. The number of nitriles is 1. The van der Waals surface area contributed by atoms with Crippen molar-refractivity contribution in [3.8, 4) is 6.07 Å².